The van der Waals surface area contributed by atoms with Gasteiger partial charge in [-0.05, 0) is 40.5 Å². The van der Waals surface area contributed by atoms with Crippen molar-refractivity contribution in [2.24, 2.45) is 5.92 Å². The van der Waals surface area contributed by atoms with Crippen molar-refractivity contribution >= 4 is 15.2 Å². The molecule has 0 aromatic rings. The fraction of sp³-hybridized carbons (Fsp3) is 1.00. The Morgan fingerprint density at radius 2 is 1.27 bits per heavy atom. The van der Waals surface area contributed by atoms with Crippen molar-refractivity contribution in [2.75, 3.05) is 45.7 Å². The summed E-state index contributed by atoms with van der Waals surface area (Å²) in [5.74, 6) is 0.142. The quantitative estimate of drug-likeness (QED) is 0.357. The van der Waals surface area contributed by atoms with Gasteiger partial charge in [-0.25, -0.2) is 0 Å². The number of rotatable bonds is 15. The van der Waals surface area contributed by atoms with E-state index < -0.39 is 15.2 Å². The lowest BCUT2D eigenvalue weighted by molar-refractivity contribution is 0.00759. The Hall–Kier alpha value is 0.220. The largest absolute Gasteiger partial charge is 0.368 e. The van der Waals surface area contributed by atoms with Crippen LogP contribution < -0.4 is 0 Å². The molecule has 1 aliphatic carbocycles. The summed E-state index contributed by atoms with van der Waals surface area (Å²) in [5.41, 5.74) is 0. The Balaban J connectivity index is 2.47. The SMILES string of the molecule is CCOP(=O)(COC[C@@H]1CCC[C@H]1OCP(=O)(OCC)OCC)OCC. The summed E-state index contributed by atoms with van der Waals surface area (Å²) in [5, 5.41) is 0. The van der Waals surface area contributed by atoms with Crippen molar-refractivity contribution in [2.45, 2.75) is 53.1 Å². The predicted molar refractivity (Wildman–Crippen MR) is 99.6 cm³/mol. The molecule has 0 aromatic carbocycles. The maximum absolute atomic E-state index is 12.5. The van der Waals surface area contributed by atoms with Gasteiger partial charge in [-0.3, -0.25) is 9.13 Å². The lowest BCUT2D eigenvalue weighted by atomic mass is 10.1. The molecule has 0 heterocycles. The molecule has 0 unspecified atom stereocenters. The zero-order valence-corrected chi connectivity index (χ0v) is 18.2. The molecule has 2 atom stereocenters. The Kier molecular flexibility index (Phi) is 11.8. The third-order valence-corrected chi connectivity index (χ3v) is 7.49. The van der Waals surface area contributed by atoms with E-state index in [9.17, 15) is 9.13 Å². The number of ether oxygens (including phenoxy) is 2. The molecule has 8 nitrogen and oxygen atoms in total. The molecule has 0 aliphatic heterocycles. The summed E-state index contributed by atoms with van der Waals surface area (Å²) in [7, 11) is -6.42. The second-order valence-corrected chi connectivity index (χ2v) is 9.91. The van der Waals surface area contributed by atoms with E-state index in [1.54, 1.807) is 27.7 Å². The van der Waals surface area contributed by atoms with Gasteiger partial charge in [0.05, 0.1) is 39.1 Å². The van der Waals surface area contributed by atoms with Gasteiger partial charge in [-0.1, -0.05) is 6.42 Å². The average molecular weight is 416 g/mol. The Bertz CT molecular complexity index is 453. The summed E-state index contributed by atoms with van der Waals surface area (Å²) in [6.45, 7) is 8.69. The molecule has 0 spiro atoms. The van der Waals surface area contributed by atoms with Crippen LogP contribution in [-0.2, 0) is 36.7 Å². The summed E-state index contributed by atoms with van der Waals surface area (Å²) in [6.07, 6.45) is 2.58. The lowest BCUT2D eigenvalue weighted by Crippen LogP contribution is -2.24. The zero-order valence-electron chi connectivity index (χ0n) is 16.4. The third-order valence-electron chi connectivity index (χ3n) is 3.92. The van der Waals surface area contributed by atoms with E-state index in [2.05, 4.69) is 0 Å². The van der Waals surface area contributed by atoms with Gasteiger partial charge in [0.25, 0.3) is 0 Å². The third kappa shape index (κ3) is 8.49. The Morgan fingerprint density at radius 3 is 1.77 bits per heavy atom. The molecule has 1 saturated carbocycles. The summed E-state index contributed by atoms with van der Waals surface area (Å²) >= 11 is 0. The lowest BCUT2D eigenvalue weighted by Gasteiger charge is -2.24. The minimum atomic E-state index is -3.22. The molecule has 156 valence electrons. The molecule has 1 aliphatic rings. The second-order valence-electron chi connectivity index (χ2n) is 5.92. The van der Waals surface area contributed by atoms with E-state index in [1.807, 2.05) is 0 Å². The van der Waals surface area contributed by atoms with Gasteiger partial charge < -0.3 is 27.6 Å². The molecule has 0 bridgehead atoms. The van der Waals surface area contributed by atoms with Gasteiger partial charge in [0, 0.05) is 5.92 Å². The van der Waals surface area contributed by atoms with E-state index in [1.165, 1.54) is 0 Å². The van der Waals surface area contributed by atoms with E-state index in [0.717, 1.165) is 19.3 Å². The topological polar surface area (TPSA) is 89.5 Å². The van der Waals surface area contributed by atoms with Crippen molar-refractivity contribution < 1.29 is 36.7 Å². The van der Waals surface area contributed by atoms with Crippen LogP contribution in [0.5, 0.6) is 0 Å². The van der Waals surface area contributed by atoms with Crippen LogP contribution in [0, 0.1) is 5.92 Å². The van der Waals surface area contributed by atoms with Crippen LogP contribution in [0.3, 0.4) is 0 Å². The summed E-state index contributed by atoms with van der Waals surface area (Å²) < 4.78 is 57.3. The van der Waals surface area contributed by atoms with Crippen LogP contribution in [0.2, 0.25) is 0 Å². The van der Waals surface area contributed by atoms with E-state index >= 15 is 0 Å². The van der Waals surface area contributed by atoms with Crippen LogP contribution in [0.25, 0.3) is 0 Å². The van der Waals surface area contributed by atoms with Crippen molar-refractivity contribution in [1.29, 1.82) is 0 Å². The van der Waals surface area contributed by atoms with Crippen molar-refractivity contribution in [1.82, 2.24) is 0 Å². The van der Waals surface area contributed by atoms with Crippen LogP contribution in [-0.4, -0.2) is 51.8 Å². The molecule has 0 aromatic heterocycles. The molecular weight excluding hydrogens is 382 g/mol. The number of hydrogen-bond acceptors (Lipinski definition) is 8. The van der Waals surface area contributed by atoms with Gasteiger partial charge >= 0.3 is 15.2 Å². The van der Waals surface area contributed by atoms with Crippen LogP contribution in [0.15, 0.2) is 0 Å². The zero-order chi connectivity index (χ0) is 19.5. The highest BCUT2D eigenvalue weighted by molar-refractivity contribution is 7.53. The highest BCUT2D eigenvalue weighted by atomic mass is 31.2. The van der Waals surface area contributed by atoms with Gasteiger partial charge in [0.1, 0.15) is 12.7 Å². The van der Waals surface area contributed by atoms with Crippen molar-refractivity contribution in [3.05, 3.63) is 0 Å². The molecule has 0 saturated heterocycles. The number of hydrogen-bond donors (Lipinski definition) is 0. The van der Waals surface area contributed by atoms with Crippen molar-refractivity contribution in [3.63, 3.8) is 0 Å². The monoisotopic (exact) mass is 416 g/mol. The minimum Gasteiger partial charge on any atom is -0.368 e. The average Bonchev–Trinajstić information content (AvgIpc) is 3.01. The van der Waals surface area contributed by atoms with Crippen LogP contribution >= 0.6 is 15.2 Å². The minimum absolute atomic E-state index is 0.0633. The van der Waals surface area contributed by atoms with Crippen LogP contribution in [0.4, 0.5) is 0 Å². The van der Waals surface area contributed by atoms with E-state index in [-0.39, 0.29) is 24.7 Å². The van der Waals surface area contributed by atoms with Crippen LogP contribution in [0.1, 0.15) is 47.0 Å². The Morgan fingerprint density at radius 1 is 0.769 bits per heavy atom. The predicted octanol–water partition coefficient (Wildman–Crippen LogP) is 4.64. The Labute approximate surface area is 157 Å². The molecular formula is C16H34O8P2. The van der Waals surface area contributed by atoms with E-state index in [4.69, 9.17) is 27.6 Å². The van der Waals surface area contributed by atoms with Gasteiger partial charge in [-0.15, -0.1) is 0 Å². The summed E-state index contributed by atoms with van der Waals surface area (Å²) in [4.78, 5) is 0. The fourth-order valence-electron chi connectivity index (χ4n) is 2.93. The summed E-state index contributed by atoms with van der Waals surface area (Å²) in [6, 6.07) is 0. The molecule has 0 radical (unpaired) electrons. The van der Waals surface area contributed by atoms with Gasteiger partial charge in [0.15, 0.2) is 0 Å². The molecule has 0 amide bonds. The molecule has 10 heteroatoms. The highest BCUT2D eigenvalue weighted by Gasteiger charge is 2.33. The molecule has 1 fully saturated rings. The normalized spacial score (nSPS) is 21.4. The van der Waals surface area contributed by atoms with Gasteiger partial charge in [-0.2, -0.15) is 0 Å². The smallest absolute Gasteiger partial charge is 0.356 e. The first-order valence-corrected chi connectivity index (χ1v) is 12.8. The molecule has 0 N–H and O–H groups in total. The molecule has 1 rings (SSSR count). The standard InChI is InChI=1S/C16H34O8P2/c1-5-21-25(17,22-6-2)13-19-12-15-10-9-11-16(15)20-14-26(18,23-7-3)24-8-4/h15-16H,5-14H2,1-4H3/t15-,16+/m0/s1. The maximum atomic E-state index is 12.5. The molecule has 26 heavy (non-hydrogen) atoms. The first-order chi connectivity index (χ1) is 12.4. The van der Waals surface area contributed by atoms with Gasteiger partial charge in [0.2, 0.25) is 0 Å². The van der Waals surface area contributed by atoms with E-state index in [0.29, 0.717) is 33.0 Å². The first-order valence-electron chi connectivity index (χ1n) is 9.37. The fourth-order valence-corrected chi connectivity index (χ4v) is 5.65. The second kappa shape index (κ2) is 12.6. The highest BCUT2D eigenvalue weighted by Crippen LogP contribution is 2.50. The van der Waals surface area contributed by atoms with Crippen molar-refractivity contribution in [3.8, 4) is 0 Å². The maximum Gasteiger partial charge on any atom is 0.356 e. The first kappa shape index (κ1) is 24.3.